The van der Waals surface area contributed by atoms with Crippen LogP contribution in [0.1, 0.15) is 173 Å². The van der Waals surface area contributed by atoms with Crippen molar-refractivity contribution in [1.29, 1.82) is 0 Å². The number of rotatable bonds is 5. The minimum atomic E-state index is -0.495. The Hall–Kier alpha value is -2.71. The van der Waals surface area contributed by atoms with Crippen molar-refractivity contribution in [3.63, 3.8) is 0 Å². The smallest absolute Gasteiger partial charge is 0.320 e. The number of carbonyl (C=O) groups excluding carboxylic acids is 3. The lowest BCUT2D eigenvalue weighted by molar-refractivity contribution is -0.155. The largest absolute Gasteiger partial charge is 0.465 e. The van der Waals surface area contributed by atoms with Crippen molar-refractivity contribution >= 4 is 17.9 Å². The molecule has 8 nitrogen and oxygen atoms in total. The van der Waals surface area contributed by atoms with E-state index in [-0.39, 0.29) is 25.0 Å². The zero-order chi connectivity index (χ0) is 38.3. The second-order valence-electron chi connectivity index (χ2n) is 14.8. The summed E-state index contributed by atoms with van der Waals surface area (Å²) in [6.45, 7) is 1.65. The molecule has 0 radical (unpaired) electrons. The number of allylic oxidation sites excluding steroid dienone is 8. The van der Waals surface area contributed by atoms with Crippen molar-refractivity contribution in [3.8, 4) is 0 Å². The minimum Gasteiger partial charge on any atom is -0.465 e. The molecule has 0 aliphatic carbocycles. The molecule has 1 rings (SSSR count). The van der Waals surface area contributed by atoms with Crippen LogP contribution in [0.5, 0.6) is 0 Å². The summed E-state index contributed by atoms with van der Waals surface area (Å²) in [5.74, 6) is -1.12. The van der Waals surface area contributed by atoms with Gasteiger partial charge in [0.05, 0.1) is 19.8 Å². The lowest BCUT2D eigenvalue weighted by atomic mass is 10.0. The highest BCUT2D eigenvalue weighted by molar-refractivity contribution is 5.91. The summed E-state index contributed by atoms with van der Waals surface area (Å²) in [6.07, 6.45) is 46.5. The van der Waals surface area contributed by atoms with Crippen LogP contribution in [0.2, 0.25) is 0 Å². The van der Waals surface area contributed by atoms with Gasteiger partial charge in [-0.05, 0) is 130 Å². The molecule has 0 amide bonds. The quantitative estimate of drug-likeness (QED) is 0.0978. The van der Waals surface area contributed by atoms with E-state index in [9.17, 15) is 14.4 Å². The van der Waals surface area contributed by atoms with E-state index < -0.39 is 11.9 Å². The van der Waals surface area contributed by atoms with E-state index in [4.69, 9.17) is 14.2 Å². The van der Waals surface area contributed by atoms with E-state index in [0.717, 1.165) is 103 Å². The fraction of sp³-hybridized carbons (Fsp3) is 0.756. The van der Waals surface area contributed by atoms with E-state index in [1.54, 1.807) is 0 Å². The molecule has 0 unspecified atom stereocenters. The standard InChI is InChI=1S/C45H78N2O6/c1-47(2)41-46-40-45(50)53-42-35-31-27-23-19-15-11-7-3-5-9-13-17-21-25-29-33-37-51-43(48)39-44(49)52-38-34-30-26-22-18-14-10-6-4-8-12-16-20-24-28-32-36-42/h3-6,13-14,17-18,42,46H,7-12,15-16,19-41H2,1-2H3/b5-3-,6-4-,17-13-,18-14-. The fourth-order valence-electron chi connectivity index (χ4n) is 6.24. The Bertz CT molecular complexity index is 941. The number of cyclic esters (lactones) is 2. The second-order valence-corrected chi connectivity index (χ2v) is 14.8. The Morgan fingerprint density at radius 2 is 0.962 bits per heavy atom. The summed E-state index contributed by atoms with van der Waals surface area (Å²) in [6, 6.07) is 0. The first-order chi connectivity index (χ1) is 26.0. The number of nitrogens with one attached hydrogen (secondary N) is 1. The third kappa shape index (κ3) is 36.1. The zero-order valence-corrected chi connectivity index (χ0v) is 34.0. The Morgan fingerprint density at radius 3 is 1.38 bits per heavy atom. The van der Waals surface area contributed by atoms with Gasteiger partial charge in [-0.2, -0.15) is 0 Å². The first kappa shape index (κ1) is 48.3. The first-order valence-electron chi connectivity index (χ1n) is 21.4. The number of hydrogen-bond acceptors (Lipinski definition) is 8. The molecule has 1 aliphatic heterocycles. The van der Waals surface area contributed by atoms with Crippen LogP contribution in [-0.2, 0) is 28.6 Å². The number of esters is 3. The molecule has 304 valence electrons. The highest BCUT2D eigenvalue weighted by Crippen LogP contribution is 2.18. The Kier molecular flexibility index (Phi) is 34.3. The maximum absolute atomic E-state index is 12.5. The Morgan fingerprint density at radius 1 is 0.585 bits per heavy atom. The number of carbonyl (C=O) groups is 3. The lowest BCUT2D eigenvalue weighted by Gasteiger charge is -2.19. The van der Waals surface area contributed by atoms with Gasteiger partial charge in [-0.3, -0.25) is 24.6 Å². The van der Waals surface area contributed by atoms with Crippen LogP contribution in [0.4, 0.5) is 0 Å². The number of hydrogen-bond donors (Lipinski definition) is 1. The topological polar surface area (TPSA) is 94.2 Å². The van der Waals surface area contributed by atoms with Crippen molar-refractivity contribution in [2.45, 2.75) is 179 Å². The van der Waals surface area contributed by atoms with Gasteiger partial charge in [0.2, 0.25) is 0 Å². The molecule has 8 heteroatoms. The van der Waals surface area contributed by atoms with Crippen molar-refractivity contribution in [3.05, 3.63) is 48.6 Å². The highest BCUT2D eigenvalue weighted by atomic mass is 16.6. The summed E-state index contributed by atoms with van der Waals surface area (Å²) in [5.41, 5.74) is 0. The Labute approximate surface area is 324 Å². The number of nitrogens with zero attached hydrogens (tertiary/aromatic N) is 1. The molecule has 0 saturated carbocycles. The maximum Gasteiger partial charge on any atom is 0.320 e. The van der Waals surface area contributed by atoms with E-state index in [2.05, 4.69) is 53.9 Å². The van der Waals surface area contributed by atoms with Crippen LogP contribution in [0.25, 0.3) is 0 Å². The average molecular weight is 743 g/mol. The molecular formula is C45H78N2O6. The molecule has 0 saturated heterocycles. The molecule has 0 aromatic rings. The summed E-state index contributed by atoms with van der Waals surface area (Å²) in [4.78, 5) is 38.3. The first-order valence-corrected chi connectivity index (χ1v) is 21.4. The van der Waals surface area contributed by atoms with Gasteiger partial charge in [-0.15, -0.1) is 0 Å². The highest BCUT2D eigenvalue weighted by Gasteiger charge is 2.14. The molecule has 1 heterocycles. The molecule has 0 aromatic heterocycles. The Balaban J connectivity index is 2.43. The molecule has 1 aliphatic rings. The van der Waals surface area contributed by atoms with Crippen molar-refractivity contribution in [2.75, 3.05) is 40.5 Å². The summed E-state index contributed by atoms with van der Waals surface area (Å²) < 4.78 is 16.4. The average Bonchev–Trinajstić information content (AvgIpc) is 3.12. The van der Waals surface area contributed by atoms with Crippen LogP contribution in [0.3, 0.4) is 0 Å². The molecule has 53 heavy (non-hydrogen) atoms. The molecule has 0 aromatic carbocycles. The summed E-state index contributed by atoms with van der Waals surface area (Å²) in [7, 11) is 3.97. The molecule has 1 N–H and O–H groups in total. The van der Waals surface area contributed by atoms with Gasteiger partial charge in [-0.1, -0.05) is 100.0 Å². The van der Waals surface area contributed by atoms with Crippen LogP contribution in [-0.4, -0.2) is 69.4 Å². The summed E-state index contributed by atoms with van der Waals surface area (Å²) in [5, 5.41) is 3.16. The van der Waals surface area contributed by atoms with E-state index in [1.165, 1.54) is 64.2 Å². The van der Waals surface area contributed by atoms with Gasteiger partial charge in [-0.25, -0.2) is 0 Å². The van der Waals surface area contributed by atoms with E-state index >= 15 is 0 Å². The molecular weight excluding hydrogens is 665 g/mol. The van der Waals surface area contributed by atoms with Gasteiger partial charge >= 0.3 is 17.9 Å². The number of ether oxygens (including phenoxy) is 3. The van der Waals surface area contributed by atoms with Gasteiger partial charge in [0.1, 0.15) is 12.5 Å². The van der Waals surface area contributed by atoms with Gasteiger partial charge in [0.15, 0.2) is 0 Å². The van der Waals surface area contributed by atoms with Crippen molar-refractivity contribution < 1.29 is 28.6 Å². The van der Waals surface area contributed by atoms with Gasteiger partial charge in [0, 0.05) is 6.67 Å². The zero-order valence-electron chi connectivity index (χ0n) is 34.0. The minimum absolute atomic E-state index is 0.0410. The van der Waals surface area contributed by atoms with Crippen LogP contribution < -0.4 is 5.32 Å². The SMILES string of the molecule is CN(C)CNCC(=O)OC1CCCCCCCC/C=C\C/C=C\CCCCCOC(=O)CC(=O)OCCCCC/C=C\C/C=C\CCCCCCCC1. The lowest BCUT2D eigenvalue weighted by Crippen LogP contribution is -2.34. The molecule has 0 bridgehead atoms. The van der Waals surface area contributed by atoms with Crippen LogP contribution in [0, 0.1) is 0 Å². The van der Waals surface area contributed by atoms with E-state index in [1.807, 2.05) is 19.0 Å². The fourth-order valence-corrected chi connectivity index (χ4v) is 6.24. The predicted octanol–water partition coefficient (Wildman–Crippen LogP) is 10.9. The van der Waals surface area contributed by atoms with Crippen molar-refractivity contribution in [2.24, 2.45) is 0 Å². The van der Waals surface area contributed by atoms with Crippen LogP contribution in [0.15, 0.2) is 48.6 Å². The molecule has 0 spiro atoms. The predicted molar refractivity (Wildman–Crippen MR) is 220 cm³/mol. The van der Waals surface area contributed by atoms with Gasteiger partial charge in [0.25, 0.3) is 0 Å². The third-order valence-corrected chi connectivity index (χ3v) is 9.35. The monoisotopic (exact) mass is 743 g/mol. The second kappa shape index (κ2) is 37.6. The van der Waals surface area contributed by atoms with Gasteiger partial charge < -0.3 is 14.2 Å². The molecule has 0 atom stereocenters. The van der Waals surface area contributed by atoms with Crippen LogP contribution >= 0.6 is 0 Å². The van der Waals surface area contributed by atoms with Crippen molar-refractivity contribution in [1.82, 2.24) is 10.2 Å². The summed E-state index contributed by atoms with van der Waals surface area (Å²) >= 11 is 0. The van der Waals surface area contributed by atoms with E-state index in [0.29, 0.717) is 19.9 Å². The normalized spacial score (nSPS) is 22.8. The third-order valence-electron chi connectivity index (χ3n) is 9.35. The molecule has 0 fully saturated rings. The maximum atomic E-state index is 12.5.